The van der Waals surface area contributed by atoms with Crippen molar-refractivity contribution in [3.63, 3.8) is 0 Å². The van der Waals surface area contributed by atoms with Crippen molar-refractivity contribution >= 4 is 11.0 Å². The summed E-state index contributed by atoms with van der Waals surface area (Å²) in [7, 11) is 0. The number of benzene rings is 2. The van der Waals surface area contributed by atoms with Gasteiger partial charge in [-0.3, -0.25) is 0 Å². The van der Waals surface area contributed by atoms with E-state index < -0.39 is 0 Å². The zero-order valence-corrected chi connectivity index (χ0v) is 13.9. The van der Waals surface area contributed by atoms with E-state index in [0.717, 1.165) is 35.9 Å². The highest BCUT2D eigenvalue weighted by molar-refractivity contribution is 5.82. The van der Waals surface area contributed by atoms with Gasteiger partial charge < -0.3 is 9.73 Å². The van der Waals surface area contributed by atoms with E-state index in [9.17, 15) is 4.79 Å². The lowest BCUT2D eigenvalue weighted by molar-refractivity contribution is -0.707. The van der Waals surface area contributed by atoms with Gasteiger partial charge in [0, 0.05) is 22.6 Å². The normalized spacial score (nSPS) is 14.7. The van der Waals surface area contributed by atoms with E-state index in [2.05, 4.69) is 48.6 Å². The molecule has 0 spiro atoms. The first kappa shape index (κ1) is 15.2. The summed E-state index contributed by atoms with van der Waals surface area (Å²) in [5.41, 5.74) is 5.60. The van der Waals surface area contributed by atoms with Crippen LogP contribution in [0.5, 0.6) is 0 Å². The Hall–Kier alpha value is -2.39. The minimum atomic E-state index is -0.254. The predicted molar refractivity (Wildman–Crippen MR) is 95.0 cm³/mol. The van der Waals surface area contributed by atoms with Crippen molar-refractivity contribution in [2.24, 2.45) is 0 Å². The smallest absolute Gasteiger partial charge is 0.336 e. The largest absolute Gasteiger partial charge is 0.423 e. The molecule has 1 aliphatic carbocycles. The van der Waals surface area contributed by atoms with E-state index in [1.54, 1.807) is 6.07 Å². The summed E-state index contributed by atoms with van der Waals surface area (Å²) in [6, 6.07) is 16.8. The standard InChI is InChI=1S/C21H21NO2/c1-14(15-6-3-2-4-7-15)22-13-18-12-21(23)24-20-11-17-9-5-8-16(17)10-19(18)20/h2-4,6-7,10-12,14,22H,5,8-9,13H2,1H3/p+1/t14-/m1/s1. The number of fused-ring (bicyclic) bond motifs is 2. The second-order valence-electron chi connectivity index (χ2n) is 6.70. The molecule has 3 aromatic rings. The summed E-state index contributed by atoms with van der Waals surface area (Å²) in [5, 5.41) is 3.36. The highest BCUT2D eigenvalue weighted by atomic mass is 16.4. The number of hydrogen-bond donors (Lipinski definition) is 1. The molecule has 4 rings (SSSR count). The number of hydrogen-bond acceptors (Lipinski definition) is 2. The molecule has 0 amide bonds. The van der Waals surface area contributed by atoms with Crippen LogP contribution in [0.25, 0.3) is 11.0 Å². The summed E-state index contributed by atoms with van der Waals surface area (Å²) >= 11 is 0. The fraction of sp³-hybridized carbons (Fsp3) is 0.286. The molecule has 0 saturated heterocycles. The fourth-order valence-electron chi connectivity index (χ4n) is 3.66. The van der Waals surface area contributed by atoms with E-state index >= 15 is 0 Å². The molecule has 2 N–H and O–H groups in total. The maximum absolute atomic E-state index is 11.9. The van der Waals surface area contributed by atoms with Crippen LogP contribution in [0.3, 0.4) is 0 Å². The first-order valence-corrected chi connectivity index (χ1v) is 8.67. The molecule has 1 aliphatic rings. The van der Waals surface area contributed by atoms with Crippen molar-refractivity contribution in [1.82, 2.24) is 0 Å². The van der Waals surface area contributed by atoms with Crippen molar-refractivity contribution in [3.8, 4) is 0 Å². The van der Waals surface area contributed by atoms with Gasteiger partial charge in [-0.1, -0.05) is 30.3 Å². The summed E-state index contributed by atoms with van der Waals surface area (Å²) in [4.78, 5) is 11.9. The Labute approximate surface area is 141 Å². The summed E-state index contributed by atoms with van der Waals surface area (Å²) in [5.74, 6) is 0. The average Bonchev–Trinajstić information content (AvgIpc) is 3.05. The van der Waals surface area contributed by atoms with Gasteiger partial charge in [0.1, 0.15) is 18.2 Å². The van der Waals surface area contributed by atoms with Crippen LogP contribution in [0.1, 0.15) is 41.6 Å². The Morgan fingerprint density at radius 1 is 1.08 bits per heavy atom. The Morgan fingerprint density at radius 2 is 1.83 bits per heavy atom. The van der Waals surface area contributed by atoms with Crippen LogP contribution in [-0.2, 0) is 19.4 Å². The summed E-state index contributed by atoms with van der Waals surface area (Å²) in [6.07, 6.45) is 3.42. The van der Waals surface area contributed by atoms with Crippen LogP contribution < -0.4 is 10.9 Å². The minimum Gasteiger partial charge on any atom is -0.423 e. The van der Waals surface area contributed by atoms with Crippen LogP contribution in [0.2, 0.25) is 0 Å². The lowest BCUT2D eigenvalue weighted by Crippen LogP contribution is -2.83. The van der Waals surface area contributed by atoms with Gasteiger partial charge in [-0.05, 0) is 49.4 Å². The van der Waals surface area contributed by atoms with E-state index in [1.807, 2.05) is 6.07 Å². The van der Waals surface area contributed by atoms with Crippen LogP contribution in [0, 0.1) is 0 Å². The summed E-state index contributed by atoms with van der Waals surface area (Å²) in [6.45, 7) is 2.97. The molecular weight excluding hydrogens is 298 g/mol. The van der Waals surface area contributed by atoms with Gasteiger partial charge in [-0.25, -0.2) is 4.79 Å². The number of nitrogens with two attached hydrogens (primary N) is 1. The first-order chi connectivity index (χ1) is 11.7. The predicted octanol–water partition coefficient (Wildman–Crippen LogP) is 3.11. The van der Waals surface area contributed by atoms with Crippen molar-refractivity contribution in [2.75, 3.05) is 0 Å². The third-order valence-corrected chi connectivity index (χ3v) is 5.06. The number of rotatable bonds is 4. The first-order valence-electron chi connectivity index (χ1n) is 8.67. The van der Waals surface area contributed by atoms with Gasteiger partial charge in [-0.15, -0.1) is 0 Å². The van der Waals surface area contributed by atoms with Gasteiger partial charge in [0.15, 0.2) is 0 Å². The van der Waals surface area contributed by atoms with E-state index in [1.165, 1.54) is 23.1 Å². The zero-order chi connectivity index (χ0) is 16.5. The highest BCUT2D eigenvalue weighted by Crippen LogP contribution is 2.28. The van der Waals surface area contributed by atoms with E-state index in [4.69, 9.17) is 4.42 Å². The maximum atomic E-state index is 11.9. The van der Waals surface area contributed by atoms with E-state index in [0.29, 0.717) is 6.04 Å². The molecule has 0 unspecified atom stereocenters. The lowest BCUT2D eigenvalue weighted by atomic mass is 10.0. The summed E-state index contributed by atoms with van der Waals surface area (Å²) < 4.78 is 5.45. The molecule has 0 aliphatic heterocycles. The Bertz CT molecular complexity index is 928. The molecule has 122 valence electrons. The average molecular weight is 320 g/mol. The highest BCUT2D eigenvalue weighted by Gasteiger charge is 2.16. The molecule has 0 radical (unpaired) electrons. The van der Waals surface area contributed by atoms with Crippen LogP contribution in [-0.4, -0.2) is 0 Å². The van der Waals surface area contributed by atoms with Crippen LogP contribution >= 0.6 is 0 Å². The molecule has 24 heavy (non-hydrogen) atoms. The molecule has 0 fully saturated rings. The van der Waals surface area contributed by atoms with Crippen LogP contribution in [0.15, 0.2) is 57.7 Å². The Balaban J connectivity index is 1.65. The van der Waals surface area contributed by atoms with Crippen molar-refractivity contribution in [3.05, 3.63) is 81.2 Å². The zero-order valence-electron chi connectivity index (χ0n) is 13.9. The van der Waals surface area contributed by atoms with Gasteiger partial charge >= 0.3 is 5.63 Å². The quantitative estimate of drug-likeness (QED) is 0.751. The van der Waals surface area contributed by atoms with Gasteiger partial charge in [-0.2, -0.15) is 0 Å². The Morgan fingerprint density at radius 3 is 2.62 bits per heavy atom. The van der Waals surface area contributed by atoms with Crippen LogP contribution in [0.4, 0.5) is 0 Å². The third-order valence-electron chi connectivity index (χ3n) is 5.06. The minimum absolute atomic E-state index is 0.254. The molecule has 1 heterocycles. The number of quaternary nitrogens is 1. The molecule has 0 saturated carbocycles. The van der Waals surface area contributed by atoms with Gasteiger partial charge in [0.25, 0.3) is 0 Å². The fourth-order valence-corrected chi connectivity index (χ4v) is 3.66. The molecule has 2 aromatic carbocycles. The van der Waals surface area contributed by atoms with Crippen molar-refractivity contribution in [1.29, 1.82) is 0 Å². The second kappa shape index (κ2) is 6.25. The number of aryl methyl sites for hydroxylation is 2. The van der Waals surface area contributed by atoms with E-state index in [-0.39, 0.29) is 5.63 Å². The molecule has 1 atom stereocenters. The van der Waals surface area contributed by atoms with Gasteiger partial charge in [0.05, 0.1) is 0 Å². The third kappa shape index (κ3) is 2.87. The van der Waals surface area contributed by atoms with Crippen molar-refractivity contribution < 1.29 is 9.73 Å². The molecule has 3 heteroatoms. The lowest BCUT2D eigenvalue weighted by Gasteiger charge is -2.12. The monoisotopic (exact) mass is 320 g/mol. The molecule has 1 aromatic heterocycles. The topological polar surface area (TPSA) is 46.8 Å². The molecule has 3 nitrogen and oxygen atoms in total. The van der Waals surface area contributed by atoms with Gasteiger partial charge in [0.2, 0.25) is 0 Å². The molecule has 0 bridgehead atoms. The molecular formula is C21H22NO2+. The Kier molecular flexibility index (Phi) is 3.95. The second-order valence-corrected chi connectivity index (χ2v) is 6.70. The SMILES string of the molecule is C[C@@H]([NH2+]Cc1cc(=O)oc2cc3c(cc12)CCC3)c1ccccc1. The maximum Gasteiger partial charge on any atom is 0.336 e. The van der Waals surface area contributed by atoms with Crippen molar-refractivity contribution in [2.45, 2.75) is 38.8 Å².